The number of hydrogen-bond donors (Lipinski definition) is 2. The number of ether oxygens (including phenoxy) is 1. The van der Waals surface area contributed by atoms with Gasteiger partial charge in [-0.05, 0) is 37.8 Å². The second kappa shape index (κ2) is 6.22. The number of aromatic nitrogens is 1. The first-order valence-corrected chi connectivity index (χ1v) is 7.40. The molecule has 108 valence electrons. The van der Waals surface area contributed by atoms with Gasteiger partial charge in [-0.3, -0.25) is 9.78 Å². The number of amides is 1. The van der Waals surface area contributed by atoms with Crippen LogP contribution >= 0.6 is 0 Å². The zero-order valence-corrected chi connectivity index (χ0v) is 11.6. The lowest BCUT2D eigenvalue weighted by atomic mass is 10.3. The molecule has 1 aromatic heterocycles. The second-order valence-corrected chi connectivity index (χ2v) is 5.58. The van der Waals surface area contributed by atoms with E-state index in [4.69, 9.17) is 4.74 Å². The van der Waals surface area contributed by atoms with Gasteiger partial charge in [0.2, 0.25) is 5.91 Å². The van der Waals surface area contributed by atoms with Gasteiger partial charge in [-0.15, -0.1) is 0 Å². The van der Waals surface area contributed by atoms with Gasteiger partial charge in [0.25, 0.3) is 0 Å². The third-order valence-corrected chi connectivity index (χ3v) is 3.49. The number of carbonyl (C=O) groups is 1. The average Bonchev–Trinajstić information content (AvgIpc) is 3.33. The van der Waals surface area contributed by atoms with Crippen molar-refractivity contribution in [2.75, 3.05) is 6.61 Å². The number of hydrogen-bond acceptors (Lipinski definition) is 4. The predicted molar refractivity (Wildman–Crippen MR) is 75.4 cm³/mol. The normalized spacial score (nSPS) is 17.8. The Labute approximate surface area is 119 Å². The van der Waals surface area contributed by atoms with Gasteiger partial charge in [0, 0.05) is 18.6 Å². The van der Waals surface area contributed by atoms with Crippen LogP contribution in [0.5, 0.6) is 5.75 Å². The lowest BCUT2D eigenvalue weighted by Gasteiger charge is -2.07. The van der Waals surface area contributed by atoms with Crippen molar-refractivity contribution in [3.63, 3.8) is 0 Å². The zero-order valence-electron chi connectivity index (χ0n) is 11.6. The predicted octanol–water partition coefficient (Wildman–Crippen LogP) is 1.38. The molecule has 0 radical (unpaired) electrons. The minimum absolute atomic E-state index is 0.0747. The van der Waals surface area contributed by atoms with E-state index in [1.54, 1.807) is 6.20 Å². The van der Waals surface area contributed by atoms with Gasteiger partial charge >= 0.3 is 0 Å². The molecule has 0 aliphatic heterocycles. The highest BCUT2D eigenvalue weighted by molar-refractivity contribution is 5.76. The largest absolute Gasteiger partial charge is 0.491 e. The van der Waals surface area contributed by atoms with E-state index in [0.29, 0.717) is 25.1 Å². The Balaban J connectivity index is 1.34. The molecule has 0 unspecified atom stereocenters. The molecule has 2 aliphatic carbocycles. The molecule has 2 aliphatic rings. The summed E-state index contributed by atoms with van der Waals surface area (Å²) in [6.45, 7) is 1.22. The van der Waals surface area contributed by atoms with Crippen molar-refractivity contribution in [1.29, 1.82) is 0 Å². The number of nitrogens with one attached hydrogen (secondary N) is 2. The van der Waals surface area contributed by atoms with E-state index in [2.05, 4.69) is 15.6 Å². The Morgan fingerprint density at radius 1 is 1.25 bits per heavy atom. The van der Waals surface area contributed by atoms with Crippen molar-refractivity contribution in [3.8, 4) is 5.75 Å². The van der Waals surface area contributed by atoms with Gasteiger partial charge in [0.05, 0.1) is 24.9 Å². The van der Waals surface area contributed by atoms with E-state index in [-0.39, 0.29) is 5.91 Å². The van der Waals surface area contributed by atoms with Gasteiger partial charge < -0.3 is 15.4 Å². The number of nitrogens with zero attached hydrogens (tertiary/aromatic N) is 1. The summed E-state index contributed by atoms with van der Waals surface area (Å²) < 4.78 is 5.53. The summed E-state index contributed by atoms with van der Waals surface area (Å²) in [5.41, 5.74) is 1.02. The minimum atomic E-state index is 0.0747. The van der Waals surface area contributed by atoms with Crippen molar-refractivity contribution in [2.45, 2.75) is 50.7 Å². The quantitative estimate of drug-likeness (QED) is 0.752. The topological polar surface area (TPSA) is 63.2 Å². The maximum atomic E-state index is 11.5. The van der Waals surface area contributed by atoms with Gasteiger partial charge in [-0.2, -0.15) is 0 Å². The summed E-state index contributed by atoms with van der Waals surface area (Å²) in [6, 6.07) is 4.99. The van der Waals surface area contributed by atoms with Crippen molar-refractivity contribution in [1.82, 2.24) is 15.6 Å². The van der Waals surface area contributed by atoms with Crippen LogP contribution in [0.15, 0.2) is 18.3 Å². The summed E-state index contributed by atoms with van der Waals surface area (Å²) in [6.07, 6.45) is 6.93. The molecule has 0 aromatic carbocycles. The van der Waals surface area contributed by atoms with E-state index >= 15 is 0 Å². The molecule has 20 heavy (non-hydrogen) atoms. The fraction of sp³-hybridized carbons (Fsp3) is 0.600. The first-order valence-electron chi connectivity index (χ1n) is 7.40. The molecule has 2 N–H and O–H groups in total. The van der Waals surface area contributed by atoms with E-state index in [9.17, 15) is 4.79 Å². The van der Waals surface area contributed by atoms with Gasteiger partial charge in [-0.25, -0.2) is 0 Å². The summed E-state index contributed by atoms with van der Waals surface area (Å²) in [7, 11) is 0. The third kappa shape index (κ3) is 4.49. The van der Waals surface area contributed by atoms with Gasteiger partial charge in [0.15, 0.2) is 0 Å². The third-order valence-electron chi connectivity index (χ3n) is 3.49. The summed E-state index contributed by atoms with van der Waals surface area (Å²) >= 11 is 0. The summed E-state index contributed by atoms with van der Waals surface area (Å²) in [5.74, 6) is 0.796. The van der Waals surface area contributed by atoms with Crippen LogP contribution in [0.1, 0.15) is 37.8 Å². The number of rotatable bonds is 8. The maximum Gasteiger partial charge on any atom is 0.223 e. The van der Waals surface area contributed by atoms with Crippen LogP contribution in [0.25, 0.3) is 0 Å². The lowest BCUT2D eigenvalue weighted by molar-refractivity contribution is -0.121. The molecule has 5 nitrogen and oxygen atoms in total. The van der Waals surface area contributed by atoms with Crippen molar-refractivity contribution >= 4 is 5.91 Å². The Bertz CT molecular complexity index is 453. The smallest absolute Gasteiger partial charge is 0.223 e. The zero-order chi connectivity index (χ0) is 13.8. The second-order valence-electron chi connectivity index (χ2n) is 5.58. The first kappa shape index (κ1) is 13.4. The van der Waals surface area contributed by atoms with Gasteiger partial charge in [-0.1, -0.05) is 0 Å². The molecule has 5 heteroatoms. The van der Waals surface area contributed by atoms with Crippen molar-refractivity contribution in [3.05, 3.63) is 24.0 Å². The van der Waals surface area contributed by atoms with Crippen molar-refractivity contribution < 1.29 is 9.53 Å². The highest BCUT2D eigenvalue weighted by Crippen LogP contribution is 2.19. The molecular formula is C15H21N3O2. The summed E-state index contributed by atoms with van der Waals surface area (Å²) in [4.78, 5) is 15.8. The SMILES string of the molecule is O=C(CCOc1ccc(CNC2CC2)nc1)NC1CC1. The molecule has 2 fully saturated rings. The van der Waals surface area contributed by atoms with Crippen LogP contribution in [-0.4, -0.2) is 29.6 Å². The van der Waals surface area contributed by atoms with Crippen LogP contribution in [0.4, 0.5) is 0 Å². The lowest BCUT2D eigenvalue weighted by Crippen LogP contribution is -2.26. The molecule has 1 heterocycles. The summed E-state index contributed by atoms with van der Waals surface area (Å²) in [5, 5.41) is 6.36. The molecule has 0 spiro atoms. The first-order chi connectivity index (χ1) is 9.79. The van der Waals surface area contributed by atoms with Crippen LogP contribution in [0, 0.1) is 0 Å². The Morgan fingerprint density at radius 3 is 2.70 bits per heavy atom. The molecule has 1 amide bonds. The molecule has 1 aromatic rings. The molecule has 0 atom stereocenters. The van der Waals surface area contributed by atoms with E-state index in [1.807, 2.05) is 12.1 Å². The molecule has 0 saturated heterocycles. The number of pyridine rings is 1. The molecule has 2 saturated carbocycles. The maximum absolute atomic E-state index is 11.5. The average molecular weight is 275 g/mol. The van der Waals surface area contributed by atoms with Crippen LogP contribution in [0.2, 0.25) is 0 Å². The standard InChI is InChI=1S/C15H21N3O2/c19-15(18-12-3-4-12)7-8-20-14-6-5-13(17-10-14)9-16-11-1-2-11/h5-6,10-12,16H,1-4,7-9H2,(H,18,19). The van der Waals surface area contributed by atoms with E-state index in [0.717, 1.165) is 30.8 Å². The molecular weight excluding hydrogens is 254 g/mol. The number of carbonyl (C=O) groups excluding carboxylic acids is 1. The van der Waals surface area contributed by atoms with Crippen LogP contribution < -0.4 is 15.4 Å². The Kier molecular flexibility index (Phi) is 4.16. The van der Waals surface area contributed by atoms with Crippen LogP contribution in [-0.2, 0) is 11.3 Å². The minimum Gasteiger partial charge on any atom is -0.491 e. The molecule has 0 bridgehead atoms. The Morgan fingerprint density at radius 2 is 2.05 bits per heavy atom. The molecule has 3 rings (SSSR count). The van der Waals surface area contributed by atoms with Crippen LogP contribution in [0.3, 0.4) is 0 Å². The fourth-order valence-electron chi connectivity index (χ4n) is 1.93. The highest BCUT2D eigenvalue weighted by atomic mass is 16.5. The Hall–Kier alpha value is -1.62. The highest BCUT2D eigenvalue weighted by Gasteiger charge is 2.23. The van der Waals surface area contributed by atoms with E-state index < -0.39 is 0 Å². The van der Waals surface area contributed by atoms with Gasteiger partial charge in [0.1, 0.15) is 5.75 Å². The monoisotopic (exact) mass is 275 g/mol. The fourth-order valence-corrected chi connectivity index (χ4v) is 1.93. The van der Waals surface area contributed by atoms with Crippen molar-refractivity contribution in [2.24, 2.45) is 0 Å². The van der Waals surface area contributed by atoms with E-state index in [1.165, 1.54) is 12.8 Å².